The van der Waals surface area contributed by atoms with Gasteiger partial charge in [-0.25, -0.2) is 9.37 Å². The van der Waals surface area contributed by atoms with Crippen molar-refractivity contribution in [3.63, 3.8) is 0 Å². The number of nitrogens with two attached hydrogens (primary N) is 1. The fourth-order valence-corrected chi connectivity index (χ4v) is 6.13. The zero-order chi connectivity index (χ0) is 26.4. The van der Waals surface area contributed by atoms with Crippen LogP contribution in [0.3, 0.4) is 0 Å². The summed E-state index contributed by atoms with van der Waals surface area (Å²) in [5.41, 5.74) is 6.87. The van der Waals surface area contributed by atoms with Crippen LogP contribution in [0.4, 0.5) is 16.0 Å². The normalized spacial score (nSPS) is 20.5. The maximum atomic E-state index is 16.6. The lowest BCUT2D eigenvalue weighted by molar-refractivity contribution is 0.188. The zero-order valence-corrected chi connectivity index (χ0v) is 22.5. The molecule has 2 fully saturated rings. The Morgan fingerprint density at radius 2 is 1.89 bits per heavy atom. The Morgan fingerprint density at radius 3 is 2.68 bits per heavy atom. The van der Waals surface area contributed by atoms with Crippen molar-refractivity contribution in [1.82, 2.24) is 19.9 Å². The van der Waals surface area contributed by atoms with Gasteiger partial charge in [-0.15, -0.1) is 0 Å². The predicted molar refractivity (Wildman–Crippen MR) is 151 cm³/mol. The summed E-state index contributed by atoms with van der Waals surface area (Å²) < 4.78 is 22.7. The first-order chi connectivity index (χ1) is 18.4. The van der Waals surface area contributed by atoms with Gasteiger partial charge in [0.05, 0.1) is 16.3 Å². The molecule has 4 aromatic rings. The first-order valence-electron chi connectivity index (χ1n) is 13.4. The highest BCUT2D eigenvalue weighted by molar-refractivity contribution is 6.34. The molecule has 0 bridgehead atoms. The van der Waals surface area contributed by atoms with Crippen LogP contribution in [0.2, 0.25) is 5.02 Å². The number of rotatable bonds is 5. The van der Waals surface area contributed by atoms with Gasteiger partial charge >= 0.3 is 6.01 Å². The minimum absolute atomic E-state index is 0.176. The second kappa shape index (κ2) is 10.2. The van der Waals surface area contributed by atoms with Gasteiger partial charge in [0.2, 0.25) is 0 Å². The molecule has 2 aliphatic rings. The Balaban J connectivity index is 1.53. The molecule has 0 unspecified atom stereocenters. The zero-order valence-electron chi connectivity index (χ0n) is 21.8. The van der Waals surface area contributed by atoms with E-state index in [0.717, 1.165) is 56.0 Å². The SMILES string of the molecule is C[C@H]1CCCCN1c1nc(OC[C@@H]2CCCN2C)nc2c(F)c(-c3nc(N)cc4ccccc34)c(Cl)cc12. The lowest BCUT2D eigenvalue weighted by Gasteiger charge is -2.35. The van der Waals surface area contributed by atoms with E-state index in [-0.39, 0.29) is 28.2 Å². The number of hydrogen-bond donors (Lipinski definition) is 1. The third-order valence-electron chi connectivity index (χ3n) is 7.99. The Labute approximate surface area is 226 Å². The second-order valence-electron chi connectivity index (χ2n) is 10.5. The number of anilines is 2. The van der Waals surface area contributed by atoms with Crippen molar-refractivity contribution >= 4 is 44.9 Å². The largest absolute Gasteiger partial charge is 0.462 e. The summed E-state index contributed by atoms with van der Waals surface area (Å²) in [6.45, 7) is 4.51. The molecule has 4 heterocycles. The summed E-state index contributed by atoms with van der Waals surface area (Å²) in [7, 11) is 2.10. The summed E-state index contributed by atoms with van der Waals surface area (Å²) in [5, 5.41) is 2.44. The molecule has 2 saturated heterocycles. The van der Waals surface area contributed by atoms with E-state index < -0.39 is 5.82 Å². The van der Waals surface area contributed by atoms with Crippen LogP contribution < -0.4 is 15.4 Å². The van der Waals surface area contributed by atoms with Crippen molar-refractivity contribution in [3.05, 3.63) is 47.2 Å². The molecular formula is C29H32ClFN6O. The van der Waals surface area contributed by atoms with Gasteiger partial charge in [0.1, 0.15) is 23.8 Å². The van der Waals surface area contributed by atoms with Crippen molar-refractivity contribution in [1.29, 1.82) is 0 Å². The molecule has 2 atom stereocenters. The van der Waals surface area contributed by atoms with Crippen LogP contribution in [0.5, 0.6) is 6.01 Å². The number of benzene rings is 2. The molecule has 0 amide bonds. The standard InChI is InChI=1S/C29H32ClFN6O/c1-17-8-5-6-13-37(17)28-21-15-22(30)24(26-20-11-4-3-9-18(20)14-23(32)33-26)25(31)27(21)34-29(35-28)38-16-19-10-7-12-36(19)2/h3-4,9,11,14-15,17,19H,5-8,10,12-13,16H2,1-2H3,(H2,32,33)/t17-,19-/m0/s1. The smallest absolute Gasteiger partial charge is 0.319 e. The monoisotopic (exact) mass is 534 g/mol. The van der Waals surface area contributed by atoms with E-state index >= 15 is 4.39 Å². The number of likely N-dealkylation sites (N-methyl/N-ethyl adjacent to an activating group) is 1. The molecule has 9 heteroatoms. The number of nitrogens with zero attached hydrogens (tertiary/aromatic N) is 5. The van der Waals surface area contributed by atoms with Crippen molar-refractivity contribution in [3.8, 4) is 17.3 Å². The van der Waals surface area contributed by atoms with Gasteiger partial charge in [-0.05, 0) is 70.1 Å². The van der Waals surface area contributed by atoms with Crippen LogP contribution in [0, 0.1) is 5.82 Å². The van der Waals surface area contributed by atoms with Gasteiger partial charge in [-0.3, -0.25) is 0 Å². The maximum absolute atomic E-state index is 16.6. The van der Waals surface area contributed by atoms with Gasteiger partial charge in [0, 0.05) is 29.4 Å². The molecule has 198 valence electrons. The molecule has 6 rings (SSSR count). The Morgan fingerprint density at radius 1 is 1.05 bits per heavy atom. The molecule has 2 aromatic heterocycles. The van der Waals surface area contributed by atoms with Gasteiger partial charge in [-0.1, -0.05) is 35.9 Å². The first-order valence-corrected chi connectivity index (χ1v) is 13.7. The van der Waals surface area contributed by atoms with E-state index in [0.29, 0.717) is 35.4 Å². The van der Waals surface area contributed by atoms with Gasteiger partial charge in [-0.2, -0.15) is 9.97 Å². The van der Waals surface area contributed by atoms with Gasteiger partial charge < -0.3 is 20.3 Å². The summed E-state index contributed by atoms with van der Waals surface area (Å²) in [5.74, 6) is 0.408. The number of pyridine rings is 1. The molecule has 2 aliphatic heterocycles. The van der Waals surface area contributed by atoms with E-state index in [9.17, 15) is 0 Å². The van der Waals surface area contributed by atoms with E-state index in [1.54, 1.807) is 12.1 Å². The Hall–Kier alpha value is -3.23. The molecule has 2 aromatic carbocycles. The fourth-order valence-electron chi connectivity index (χ4n) is 5.84. The van der Waals surface area contributed by atoms with Gasteiger partial charge in [0.15, 0.2) is 5.82 Å². The number of fused-ring (bicyclic) bond motifs is 2. The topological polar surface area (TPSA) is 80.4 Å². The van der Waals surface area contributed by atoms with Gasteiger partial charge in [0.25, 0.3) is 0 Å². The predicted octanol–water partition coefficient (Wildman–Crippen LogP) is 6.07. The molecule has 0 spiro atoms. The van der Waals surface area contributed by atoms with Crippen LogP contribution in [-0.4, -0.2) is 58.7 Å². The summed E-state index contributed by atoms with van der Waals surface area (Å²) in [6, 6.07) is 11.9. The summed E-state index contributed by atoms with van der Waals surface area (Å²) >= 11 is 6.81. The van der Waals surface area contributed by atoms with E-state index in [1.165, 1.54) is 0 Å². The molecule has 38 heavy (non-hydrogen) atoms. The third kappa shape index (κ3) is 4.50. The highest BCUT2D eigenvalue weighted by Gasteiger charge is 2.28. The lowest BCUT2D eigenvalue weighted by atomic mass is 10.00. The number of hydrogen-bond acceptors (Lipinski definition) is 7. The second-order valence-corrected chi connectivity index (χ2v) is 10.9. The number of halogens is 2. The number of nitrogen functional groups attached to an aromatic ring is 1. The van der Waals surface area contributed by atoms with Crippen LogP contribution in [-0.2, 0) is 0 Å². The molecule has 0 aliphatic carbocycles. The minimum Gasteiger partial charge on any atom is -0.462 e. The molecular weight excluding hydrogens is 503 g/mol. The van der Waals surface area contributed by atoms with Crippen LogP contribution in [0.15, 0.2) is 36.4 Å². The Bertz CT molecular complexity index is 1510. The average Bonchev–Trinajstić information content (AvgIpc) is 3.32. The number of aromatic nitrogens is 3. The average molecular weight is 535 g/mol. The van der Waals surface area contributed by atoms with Crippen LogP contribution >= 0.6 is 11.6 Å². The number of piperidine rings is 1. The molecule has 0 radical (unpaired) electrons. The Kier molecular flexibility index (Phi) is 6.70. The first kappa shape index (κ1) is 25.1. The number of ether oxygens (including phenoxy) is 1. The van der Waals surface area contributed by atoms with Crippen molar-refractivity contribution in [2.45, 2.75) is 51.1 Å². The summed E-state index contributed by atoms with van der Waals surface area (Å²) in [4.78, 5) is 18.4. The van der Waals surface area contributed by atoms with Crippen LogP contribution in [0.25, 0.3) is 32.9 Å². The van der Waals surface area contributed by atoms with E-state index in [4.69, 9.17) is 27.1 Å². The highest BCUT2D eigenvalue weighted by atomic mass is 35.5. The maximum Gasteiger partial charge on any atom is 0.319 e. The van der Waals surface area contributed by atoms with Crippen LogP contribution in [0.1, 0.15) is 39.0 Å². The minimum atomic E-state index is -0.549. The highest BCUT2D eigenvalue weighted by Crippen LogP contribution is 2.41. The van der Waals surface area contributed by atoms with Crippen molar-refractivity contribution in [2.75, 3.05) is 37.4 Å². The van der Waals surface area contributed by atoms with Crippen molar-refractivity contribution in [2.24, 2.45) is 0 Å². The molecule has 0 saturated carbocycles. The quantitative estimate of drug-likeness (QED) is 0.333. The number of likely N-dealkylation sites (tertiary alicyclic amines) is 1. The third-order valence-corrected chi connectivity index (χ3v) is 8.29. The lowest BCUT2D eigenvalue weighted by Crippen LogP contribution is -2.38. The van der Waals surface area contributed by atoms with E-state index in [2.05, 4.69) is 33.7 Å². The van der Waals surface area contributed by atoms with Crippen molar-refractivity contribution < 1.29 is 9.13 Å². The van der Waals surface area contributed by atoms with E-state index in [1.807, 2.05) is 24.3 Å². The molecule has 2 N–H and O–H groups in total. The molecule has 7 nitrogen and oxygen atoms in total. The fraction of sp³-hybridized carbons (Fsp3) is 0.414. The summed E-state index contributed by atoms with van der Waals surface area (Å²) in [6.07, 6.45) is 5.44.